The van der Waals surface area contributed by atoms with Gasteiger partial charge in [-0.05, 0) is 72.0 Å². The van der Waals surface area contributed by atoms with Gasteiger partial charge in [-0.2, -0.15) is 30.7 Å². The second kappa shape index (κ2) is 8.57. The fourth-order valence-electron chi connectivity index (χ4n) is 2.07. The molecule has 26 heavy (non-hydrogen) atoms. The molecule has 0 unspecified atom stereocenters. The Morgan fingerprint density at radius 1 is 1.08 bits per heavy atom. The molecule has 0 fully saturated rings. The van der Waals surface area contributed by atoms with E-state index in [9.17, 15) is 35.5 Å². The molecule has 0 saturated carbocycles. The number of unbranched alkanes of at least 4 members (excludes halogenated alkanes) is 2. The molecule has 10 heteroatoms. The summed E-state index contributed by atoms with van der Waals surface area (Å²) in [4.78, 5) is 11.1. The highest BCUT2D eigenvalue weighted by atomic mass is 127. The molecule has 0 heterocycles. The normalized spacial score (nSPS) is 13.4. The summed E-state index contributed by atoms with van der Waals surface area (Å²) in [6, 6.07) is 4.78. The van der Waals surface area contributed by atoms with E-state index in [0.29, 0.717) is 24.5 Å². The Kier molecular flexibility index (Phi) is 7.49. The van der Waals surface area contributed by atoms with E-state index in [0.717, 1.165) is 3.57 Å². The Balaban J connectivity index is 2.58. The fraction of sp³-hybridized carbons (Fsp3) is 0.438. The van der Waals surface area contributed by atoms with Crippen molar-refractivity contribution in [3.05, 3.63) is 45.0 Å². The van der Waals surface area contributed by atoms with E-state index in [4.69, 9.17) is 5.11 Å². The van der Waals surface area contributed by atoms with Gasteiger partial charge in [0.15, 0.2) is 0 Å². The van der Waals surface area contributed by atoms with E-state index in [2.05, 4.69) is 0 Å². The molecule has 1 rings (SSSR count). The monoisotopic (exact) mass is 498 g/mol. The molecule has 0 aliphatic rings. The van der Waals surface area contributed by atoms with Crippen molar-refractivity contribution in [1.29, 1.82) is 0 Å². The van der Waals surface area contributed by atoms with Crippen LogP contribution in [0.25, 0.3) is 0 Å². The maximum absolute atomic E-state index is 13.0. The van der Waals surface area contributed by atoms with Gasteiger partial charge in [0.1, 0.15) is 0 Å². The van der Waals surface area contributed by atoms with E-state index in [1.807, 2.05) is 22.6 Å². The number of aryl methyl sites for hydroxylation is 1. The van der Waals surface area contributed by atoms with Gasteiger partial charge in [-0.3, -0.25) is 0 Å². The molecule has 1 N–H and O–H groups in total. The molecule has 1 aromatic carbocycles. The summed E-state index contributed by atoms with van der Waals surface area (Å²) in [7, 11) is 0. The molecule has 2 nitrogen and oxygen atoms in total. The topological polar surface area (TPSA) is 37.3 Å². The second-order valence-corrected chi connectivity index (χ2v) is 6.70. The molecule has 146 valence electrons. The molecule has 0 bridgehead atoms. The highest BCUT2D eigenvalue weighted by molar-refractivity contribution is 14.1. The minimum absolute atomic E-state index is 0.101. The molecular formula is C16H14F7IO2. The standard InChI is InChI=1S/C16H14F7IO2/c17-14(18,15(19,20)16(21,22)23)8-4-2-1-3-5-10-6-7-11(24)9-12(10)13(25)26/h4,6-9H,1-3,5H2,(H,25,26). The number of benzene rings is 1. The molecule has 0 atom stereocenters. The summed E-state index contributed by atoms with van der Waals surface area (Å²) in [5.41, 5.74) is 0.625. The van der Waals surface area contributed by atoms with Crippen LogP contribution in [-0.2, 0) is 6.42 Å². The molecule has 0 saturated heterocycles. The number of carbonyl (C=O) groups is 1. The Bertz CT molecular complexity index is 669. The van der Waals surface area contributed by atoms with Crippen molar-refractivity contribution in [2.45, 2.75) is 43.7 Å². The summed E-state index contributed by atoms with van der Waals surface area (Å²) >= 11 is 1.95. The van der Waals surface area contributed by atoms with E-state index in [-0.39, 0.29) is 18.4 Å². The number of aromatic carboxylic acids is 1. The van der Waals surface area contributed by atoms with E-state index < -0.39 is 30.1 Å². The smallest absolute Gasteiger partial charge is 0.460 e. The SMILES string of the molecule is O=C(O)c1cc(I)ccc1CCCCC=CC(F)(F)C(F)(F)C(F)(F)F. The number of hydrogen-bond acceptors (Lipinski definition) is 1. The van der Waals surface area contributed by atoms with Gasteiger partial charge < -0.3 is 5.11 Å². The highest BCUT2D eigenvalue weighted by Gasteiger charge is 2.71. The maximum atomic E-state index is 13.0. The van der Waals surface area contributed by atoms with Crippen LogP contribution in [0.4, 0.5) is 30.7 Å². The minimum Gasteiger partial charge on any atom is -0.478 e. The van der Waals surface area contributed by atoms with Crippen LogP contribution in [0.3, 0.4) is 0 Å². The third-order valence-electron chi connectivity index (χ3n) is 3.47. The summed E-state index contributed by atoms with van der Waals surface area (Å²) < 4.78 is 88.0. The predicted octanol–water partition coefficient (Wildman–Crippen LogP) is 6.09. The van der Waals surface area contributed by atoms with Crippen LogP contribution in [0.15, 0.2) is 30.4 Å². The van der Waals surface area contributed by atoms with Crippen LogP contribution in [-0.4, -0.2) is 29.1 Å². The zero-order valence-electron chi connectivity index (χ0n) is 13.1. The summed E-state index contributed by atoms with van der Waals surface area (Å²) in [5, 5.41) is 9.10. The average molecular weight is 498 g/mol. The number of allylic oxidation sites excluding steroid dienone is 2. The van der Waals surface area contributed by atoms with Crippen molar-refractivity contribution in [3.8, 4) is 0 Å². The van der Waals surface area contributed by atoms with Gasteiger partial charge in [0.2, 0.25) is 0 Å². The van der Waals surface area contributed by atoms with Crippen LogP contribution in [0.5, 0.6) is 0 Å². The average Bonchev–Trinajstić information content (AvgIpc) is 2.50. The van der Waals surface area contributed by atoms with Crippen molar-refractivity contribution in [1.82, 2.24) is 0 Å². The summed E-state index contributed by atoms with van der Waals surface area (Å²) in [5.74, 6) is -12.6. The van der Waals surface area contributed by atoms with Crippen LogP contribution in [0.2, 0.25) is 0 Å². The highest BCUT2D eigenvalue weighted by Crippen LogP contribution is 2.47. The first-order chi connectivity index (χ1) is 11.8. The molecular weight excluding hydrogens is 484 g/mol. The molecule has 0 radical (unpaired) electrons. The Hall–Kier alpha value is -1.33. The van der Waals surface area contributed by atoms with E-state index in [1.165, 1.54) is 6.07 Å². The largest absolute Gasteiger partial charge is 0.478 e. The zero-order valence-corrected chi connectivity index (χ0v) is 15.3. The number of halogens is 8. The predicted molar refractivity (Wildman–Crippen MR) is 88.8 cm³/mol. The Labute approximate surface area is 158 Å². The molecule has 0 aliphatic carbocycles. The lowest BCUT2D eigenvalue weighted by Gasteiger charge is -2.25. The lowest BCUT2D eigenvalue weighted by molar-refractivity contribution is -0.341. The molecule has 1 aromatic rings. The zero-order chi connectivity index (χ0) is 20.2. The lowest BCUT2D eigenvalue weighted by Crippen LogP contribution is -2.50. The third kappa shape index (κ3) is 5.58. The maximum Gasteiger partial charge on any atom is 0.460 e. The van der Waals surface area contributed by atoms with E-state index in [1.54, 1.807) is 12.1 Å². The van der Waals surface area contributed by atoms with Crippen molar-refractivity contribution in [2.75, 3.05) is 0 Å². The van der Waals surface area contributed by atoms with E-state index >= 15 is 0 Å². The van der Waals surface area contributed by atoms with Crippen molar-refractivity contribution in [3.63, 3.8) is 0 Å². The lowest BCUT2D eigenvalue weighted by atomic mass is 10.0. The summed E-state index contributed by atoms with van der Waals surface area (Å²) in [6.45, 7) is 0. The Morgan fingerprint density at radius 3 is 2.23 bits per heavy atom. The van der Waals surface area contributed by atoms with Crippen LogP contribution in [0, 0.1) is 3.57 Å². The van der Waals surface area contributed by atoms with Crippen LogP contribution in [0.1, 0.15) is 35.2 Å². The van der Waals surface area contributed by atoms with Crippen molar-refractivity contribution in [2.24, 2.45) is 0 Å². The van der Waals surface area contributed by atoms with Gasteiger partial charge >= 0.3 is 24.0 Å². The fourth-order valence-corrected chi connectivity index (χ4v) is 2.56. The number of hydrogen-bond donors (Lipinski definition) is 1. The number of carboxylic acid groups (broad SMARTS) is 1. The van der Waals surface area contributed by atoms with Gasteiger partial charge in [0.05, 0.1) is 5.56 Å². The first-order valence-corrected chi connectivity index (χ1v) is 8.39. The Morgan fingerprint density at radius 2 is 1.69 bits per heavy atom. The van der Waals surface area contributed by atoms with Crippen molar-refractivity contribution < 1.29 is 40.6 Å². The van der Waals surface area contributed by atoms with Gasteiger partial charge in [0, 0.05) is 3.57 Å². The molecule has 0 amide bonds. The van der Waals surface area contributed by atoms with Crippen molar-refractivity contribution >= 4 is 28.6 Å². The molecule has 0 aliphatic heterocycles. The molecule has 0 aromatic heterocycles. The quantitative estimate of drug-likeness (QED) is 0.204. The second-order valence-electron chi connectivity index (χ2n) is 5.45. The van der Waals surface area contributed by atoms with Gasteiger partial charge in [-0.25, -0.2) is 4.79 Å². The number of alkyl halides is 7. The van der Waals surface area contributed by atoms with Gasteiger partial charge in [-0.1, -0.05) is 12.1 Å². The minimum atomic E-state index is -6.35. The van der Waals surface area contributed by atoms with Gasteiger partial charge in [-0.15, -0.1) is 0 Å². The number of carboxylic acids is 1. The summed E-state index contributed by atoms with van der Waals surface area (Å²) in [6.07, 6.45) is -5.47. The first kappa shape index (κ1) is 22.7. The van der Waals surface area contributed by atoms with Crippen LogP contribution < -0.4 is 0 Å². The van der Waals surface area contributed by atoms with Gasteiger partial charge in [0.25, 0.3) is 0 Å². The third-order valence-corrected chi connectivity index (χ3v) is 4.14. The first-order valence-electron chi connectivity index (χ1n) is 7.31. The number of rotatable bonds is 8. The van der Waals surface area contributed by atoms with Crippen LogP contribution >= 0.6 is 22.6 Å². The molecule has 0 spiro atoms.